The maximum Gasteiger partial charge on any atom is 0.338 e. The van der Waals surface area contributed by atoms with Crippen LogP contribution in [0.5, 0.6) is 0 Å². The second-order valence-corrected chi connectivity index (χ2v) is 8.06. The summed E-state index contributed by atoms with van der Waals surface area (Å²) in [5.41, 5.74) is 8.06. The smallest absolute Gasteiger partial charge is 0.338 e. The Labute approximate surface area is 223 Å². The largest absolute Gasteiger partial charge is 0.467 e. The van der Waals surface area contributed by atoms with Gasteiger partial charge in [0.05, 0.1) is 7.11 Å². The van der Waals surface area contributed by atoms with Crippen LogP contribution in [-0.2, 0) is 23.9 Å². The van der Waals surface area contributed by atoms with E-state index in [1.165, 1.54) is 50.9 Å². The molecule has 0 heterocycles. The summed E-state index contributed by atoms with van der Waals surface area (Å²) in [5.74, 6) is 0.725. The molecule has 204 valence electrons. The first-order chi connectivity index (χ1) is 18.5. The number of nitrogens with two attached hydrogens (primary N) is 1. The summed E-state index contributed by atoms with van der Waals surface area (Å²) in [6, 6.07) is 9.01. The summed E-state index contributed by atoms with van der Waals surface area (Å²) in [7, 11) is 4.88. The summed E-state index contributed by atoms with van der Waals surface area (Å²) in [6.07, 6.45) is 0. The van der Waals surface area contributed by atoms with E-state index in [0.717, 1.165) is 16.9 Å². The van der Waals surface area contributed by atoms with Crippen molar-refractivity contribution in [1.29, 1.82) is 0 Å². The first kappa shape index (κ1) is 30.0. The Balaban J connectivity index is 2.15. The fraction of sp³-hybridized carbons (Fsp3) is 0.231. The number of esters is 1. The van der Waals surface area contributed by atoms with E-state index in [1.807, 2.05) is 0 Å². The van der Waals surface area contributed by atoms with Crippen molar-refractivity contribution >= 4 is 35.5 Å². The molecule has 0 aliphatic carbocycles. The van der Waals surface area contributed by atoms with E-state index in [2.05, 4.69) is 21.9 Å². The monoisotopic (exact) mass is 537 g/mol. The molecule has 0 spiro atoms. The molecule has 0 bridgehead atoms. The number of ether oxygens (including phenoxy) is 1. The number of hydrogen-bond acceptors (Lipinski definition) is 8. The number of nitrogens with one attached hydrogen (secondary N) is 2. The van der Waals surface area contributed by atoms with Crippen molar-refractivity contribution in [1.82, 2.24) is 20.6 Å². The normalized spacial score (nSPS) is 11.5. The van der Waals surface area contributed by atoms with Crippen molar-refractivity contribution in [3.8, 4) is 11.8 Å². The molecule has 0 aliphatic rings. The van der Waals surface area contributed by atoms with Crippen LogP contribution in [0.2, 0.25) is 0 Å². The van der Waals surface area contributed by atoms with Gasteiger partial charge < -0.3 is 25.6 Å². The number of carbonyl (C=O) groups excluding carboxylic acids is 6. The topological polar surface area (TPSA) is 188 Å². The first-order valence-electron chi connectivity index (χ1n) is 11.3. The van der Waals surface area contributed by atoms with Gasteiger partial charge >= 0.3 is 5.97 Å². The first-order valence-corrected chi connectivity index (χ1v) is 11.3. The molecule has 39 heavy (non-hydrogen) atoms. The Hall–Kier alpha value is -5.22. The average molecular weight is 538 g/mol. The molecule has 0 fully saturated rings. The molecule has 5 amide bonds. The van der Waals surface area contributed by atoms with Crippen LogP contribution in [0.3, 0.4) is 0 Å². The van der Waals surface area contributed by atoms with Crippen molar-refractivity contribution in [2.75, 3.05) is 28.3 Å². The Morgan fingerprint density at radius 2 is 1.21 bits per heavy atom. The van der Waals surface area contributed by atoms with Gasteiger partial charge in [-0.3, -0.25) is 29.2 Å². The van der Waals surface area contributed by atoms with Crippen molar-refractivity contribution < 1.29 is 38.7 Å². The predicted octanol–water partition coefficient (Wildman–Crippen LogP) is -1.12. The lowest BCUT2D eigenvalue weighted by atomic mass is 10.1. The van der Waals surface area contributed by atoms with Gasteiger partial charge in [0, 0.05) is 43.4 Å². The lowest BCUT2D eigenvalue weighted by Gasteiger charge is -2.25. The predicted molar refractivity (Wildman–Crippen MR) is 136 cm³/mol. The highest BCUT2D eigenvalue weighted by Gasteiger charge is 2.34. The number of rotatable bonds is 8. The molecule has 0 radical (unpaired) electrons. The fourth-order valence-corrected chi connectivity index (χ4v) is 3.42. The van der Waals surface area contributed by atoms with Crippen LogP contribution < -0.4 is 16.5 Å². The van der Waals surface area contributed by atoms with E-state index in [9.17, 15) is 28.8 Å². The van der Waals surface area contributed by atoms with Crippen LogP contribution in [0.1, 0.15) is 31.8 Å². The van der Waals surface area contributed by atoms with E-state index >= 15 is 0 Å². The fourth-order valence-electron chi connectivity index (χ4n) is 3.42. The molecule has 0 saturated heterocycles. The van der Waals surface area contributed by atoms with Gasteiger partial charge in [-0.1, -0.05) is 11.8 Å². The second-order valence-electron chi connectivity index (χ2n) is 8.06. The van der Waals surface area contributed by atoms with E-state index in [4.69, 9.17) is 10.9 Å². The number of methoxy groups -OCH3 is 1. The summed E-state index contributed by atoms with van der Waals surface area (Å²) in [5, 5.41) is 11.2. The van der Waals surface area contributed by atoms with E-state index in [0.29, 0.717) is 11.1 Å². The minimum absolute atomic E-state index is 0.177. The van der Waals surface area contributed by atoms with Crippen molar-refractivity contribution in [2.45, 2.75) is 12.1 Å². The zero-order chi connectivity index (χ0) is 29.3. The number of likely N-dealkylation sites (N-methyl/N-ethyl adjacent to an activating group) is 3. The number of carbonyl (C=O) groups is 6. The molecule has 2 aromatic rings. The third kappa shape index (κ3) is 7.18. The molecule has 2 unspecified atom stereocenters. The third-order valence-electron chi connectivity index (χ3n) is 5.58. The molecule has 2 aromatic carbocycles. The standard InChI is InChI=1S/C26H27N5O8/c1-28-22(33)20(23(34)29-38)31(3)25(36)18-13-9-16(10-14-18)6-5-15-7-11-17(12-8-15)24(35)30(2)19(21(27)32)26(37)39-4/h7-14,19-20,38H,1-4H3,(H2,27,32)(H,28,33)(H,29,34). The maximum absolute atomic E-state index is 12.8. The molecule has 0 saturated carbocycles. The quantitative estimate of drug-likeness (QED) is 0.107. The Kier molecular flexibility index (Phi) is 10.3. The highest BCUT2D eigenvalue weighted by atomic mass is 16.5. The number of nitrogens with zero attached hydrogens (tertiary/aromatic N) is 2. The molecule has 13 heteroatoms. The number of hydrogen-bond donors (Lipinski definition) is 4. The van der Waals surface area contributed by atoms with Crippen LogP contribution in [0, 0.1) is 11.8 Å². The van der Waals surface area contributed by atoms with Gasteiger partial charge in [-0.15, -0.1) is 0 Å². The van der Waals surface area contributed by atoms with Gasteiger partial charge in [-0.05, 0) is 48.5 Å². The minimum Gasteiger partial charge on any atom is -0.467 e. The van der Waals surface area contributed by atoms with Crippen LogP contribution >= 0.6 is 0 Å². The molecule has 5 N–H and O–H groups in total. The van der Waals surface area contributed by atoms with Gasteiger partial charge in [0.15, 0.2) is 6.04 Å². The van der Waals surface area contributed by atoms with Crippen LogP contribution in [0.15, 0.2) is 48.5 Å². The summed E-state index contributed by atoms with van der Waals surface area (Å²) in [6.45, 7) is 0. The Morgan fingerprint density at radius 1 is 0.795 bits per heavy atom. The Morgan fingerprint density at radius 3 is 1.54 bits per heavy atom. The van der Waals surface area contributed by atoms with Crippen molar-refractivity contribution in [2.24, 2.45) is 5.73 Å². The molecular formula is C26H27N5O8. The van der Waals surface area contributed by atoms with Gasteiger partial charge in [0.1, 0.15) is 0 Å². The molecule has 13 nitrogen and oxygen atoms in total. The van der Waals surface area contributed by atoms with Gasteiger partial charge in [-0.25, -0.2) is 10.3 Å². The lowest BCUT2D eigenvalue weighted by Crippen LogP contribution is -2.54. The minimum atomic E-state index is -1.58. The maximum atomic E-state index is 12.8. The summed E-state index contributed by atoms with van der Waals surface area (Å²) in [4.78, 5) is 74.5. The zero-order valence-electron chi connectivity index (χ0n) is 21.6. The average Bonchev–Trinajstić information content (AvgIpc) is 2.95. The van der Waals surface area contributed by atoms with Crippen molar-refractivity contribution in [3.05, 3.63) is 70.8 Å². The number of amides is 5. The van der Waals surface area contributed by atoms with Crippen LogP contribution in [0.4, 0.5) is 0 Å². The van der Waals surface area contributed by atoms with Gasteiger partial charge in [0.25, 0.3) is 29.5 Å². The molecule has 0 aliphatic heterocycles. The van der Waals surface area contributed by atoms with E-state index < -0.39 is 47.6 Å². The molecule has 0 aromatic heterocycles. The zero-order valence-corrected chi connectivity index (χ0v) is 21.6. The van der Waals surface area contributed by atoms with Gasteiger partial charge in [-0.2, -0.15) is 0 Å². The number of benzene rings is 2. The molecule has 2 rings (SSSR count). The highest BCUT2D eigenvalue weighted by molar-refractivity contribution is 6.09. The highest BCUT2D eigenvalue weighted by Crippen LogP contribution is 2.12. The Bertz CT molecular complexity index is 1310. The van der Waals surface area contributed by atoms with Gasteiger partial charge in [0.2, 0.25) is 6.04 Å². The summed E-state index contributed by atoms with van der Waals surface area (Å²) < 4.78 is 4.53. The van der Waals surface area contributed by atoms with E-state index in [1.54, 1.807) is 24.3 Å². The molecular weight excluding hydrogens is 510 g/mol. The number of hydroxylamine groups is 1. The second kappa shape index (κ2) is 13.4. The number of primary amides is 1. The van der Waals surface area contributed by atoms with E-state index in [-0.39, 0.29) is 11.1 Å². The lowest BCUT2D eigenvalue weighted by molar-refractivity contribution is -0.149. The van der Waals surface area contributed by atoms with Crippen LogP contribution in [0.25, 0.3) is 0 Å². The molecule has 2 atom stereocenters. The third-order valence-corrected chi connectivity index (χ3v) is 5.58. The SMILES string of the molecule is CNC(=O)C(C(=O)NO)N(C)C(=O)c1ccc(C#Cc2ccc(C(=O)N(C)C(C(N)=O)C(=O)OC)cc2)cc1. The van der Waals surface area contributed by atoms with Crippen LogP contribution in [-0.4, -0.2) is 90.8 Å². The summed E-state index contributed by atoms with van der Waals surface area (Å²) >= 11 is 0. The van der Waals surface area contributed by atoms with Crippen molar-refractivity contribution in [3.63, 3.8) is 0 Å².